The molecule has 1 amide bonds. The van der Waals surface area contributed by atoms with Gasteiger partial charge in [-0.05, 0) is 18.7 Å². The summed E-state index contributed by atoms with van der Waals surface area (Å²) in [6, 6.07) is 11.1. The molecule has 0 fully saturated rings. The lowest BCUT2D eigenvalue weighted by atomic mass is 10.2. The van der Waals surface area contributed by atoms with Crippen LogP contribution in [0.1, 0.15) is 21.8 Å². The van der Waals surface area contributed by atoms with E-state index in [1.165, 1.54) is 11.6 Å². The summed E-state index contributed by atoms with van der Waals surface area (Å²) < 4.78 is 27.9. The average Bonchev–Trinajstić information content (AvgIpc) is 3.14. The van der Waals surface area contributed by atoms with Crippen molar-refractivity contribution >= 4 is 15.7 Å². The molecule has 0 saturated heterocycles. The van der Waals surface area contributed by atoms with Gasteiger partial charge in [-0.1, -0.05) is 35.5 Å². The fraction of sp³-hybridized carbons (Fsp3) is 0.294. The highest BCUT2D eigenvalue weighted by atomic mass is 32.2. The highest BCUT2D eigenvalue weighted by Gasteiger charge is 2.24. The Morgan fingerprint density at radius 3 is 2.76 bits per heavy atom. The highest BCUT2D eigenvalue weighted by Crippen LogP contribution is 2.12. The molecular weight excluding hydrogens is 342 g/mol. The second-order valence-electron chi connectivity index (χ2n) is 6.07. The molecule has 8 heteroatoms. The van der Waals surface area contributed by atoms with Gasteiger partial charge in [0.2, 0.25) is 0 Å². The van der Waals surface area contributed by atoms with E-state index in [0.29, 0.717) is 12.3 Å². The molecule has 3 rings (SSSR count). The van der Waals surface area contributed by atoms with Gasteiger partial charge >= 0.3 is 0 Å². The molecule has 1 aromatic heterocycles. The SMILES string of the molecule is CN(Cc1ccccc1)Cc1cc(C(=O)N[C@@H]2C=CS(=O)(=O)C2)no1. The van der Waals surface area contributed by atoms with E-state index in [1.807, 2.05) is 42.3 Å². The fourth-order valence-corrected chi connectivity index (χ4v) is 3.85. The summed E-state index contributed by atoms with van der Waals surface area (Å²) in [6.45, 7) is 1.25. The lowest BCUT2D eigenvalue weighted by Gasteiger charge is -2.14. The minimum atomic E-state index is -3.21. The molecule has 0 radical (unpaired) electrons. The summed E-state index contributed by atoms with van der Waals surface area (Å²) >= 11 is 0. The summed E-state index contributed by atoms with van der Waals surface area (Å²) in [4.78, 5) is 14.2. The number of rotatable bonds is 6. The number of carbonyl (C=O) groups excluding carboxylic acids is 1. The van der Waals surface area contributed by atoms with Gasteiger partial charge in [0.05, 0.1) is 18.3 Å². The summed E-state index contributed by atoms with van der Waals surface area (Å²) in [7, 11) is -1.26. The van der Waals surface area contributed by atoms with Gasteiger partial charge in [0.25, 0.3) is 5.91 Å². The first-order valence-electron chi connectivity index (χ1n) is 7.81. The second kappa shape index (κ2) is 7.20. The van der Waals surface area contributed by atoms with Crippen LogP contribution in [0.2, 0.25) is 0 Å². The van der Waals surface area contributed by atoms with Crippen molar-refractivity contribution in [2.45, 2.75) is 19.1 Å². The van der Waals surface area contributed by atoms with Crippen LogP contribution in [0.15, 0.2) is 52.4 Å². The van der Waals surface area contributed by atoms with E-state index in [9.17, 15) is 13.2 Å². The fourth-order valence-electron chi connectivity index (χ4n) is 2.62. The first kappa shape index (κ1) is 17.4. The highest BCUT2D eigenvalue weighted by molar-refractivity contribution is 7.94. The van der Waals surface area contributed by atoms with E-state index in [0.717, 1.165) is 12.0 Å². The van der Waals surface area contributed by atoms with Crippen molar-refractivity contribution in [2.75, 3.05) is 12.8 Å². The number of hydrogen-bond acceptors (Lipinski definition) is 6. The zero-order valence-corrected chi connectivity index (χ0v) is 14.6. The molecule has 1 aromatic carbocycles. The van der Waals surface area contributed by atoms with Gasteiger partial charge in [-0.3, -0.25) is 9.69 Å². The van der Waals surface area contributed by atoms with Crippen LogP contribution in [0.3, 0.4) is 0 Å². The quantitative estimate of drug-likeness (QED) is 0.835. The maximum atomic E-state index is 12.1. The Kier molecular flexibility index (Phi) is 5.00. The van der Waals surface area contributed by atoms with Crippen LogP contribution in [-0.4, -0.2) is 43.2 Å². The molecular formula is C17H19N3O4S. The summed E-state index contributed by atoms with van der Waals surface area (Å²) in [6.07, 6.45) is 1.46. The number of nitrogens with one attached hydrogen (secondary N) is 1. The van der Waals surface area contributed by atoms with Crippen molar-refractivity contribution in [1.29, 1.82) is 0 Å². The van der Waals surface area contributed by atoms with Crippen LogP contribution in [0.5, 0.6) is 0 Å². The smallest absolute Gasteiger partial charge is 0.273 e. The van der Waals surface area contributed by atoms with E-state index in [2.05, 4.69) is 10.5 Å². The minimum Gasteiger partial charge on any atom is -0.359 e. The van der Waals surface area contributed by atoms with Crippen LogP contribution in [0.25, 0.3) is 0 Å². The topological polar surface area (TPSA) is 92.5 Å². The van der Waals surface area contributed by atoms with Crippen molar-refractivity contribution in [2.24, 2.45) is 0 Å². The summed E-state index contributed by atoms with van der Waals surface area (Å²) in [5.41, 5.74) is 1.32. The lowest BCUT2D eigenvalue weighted by molar-refractivity contribution is 0.0938. The predicted octanol–water partition coefficient (Wildman–Crippen LogP) is 1.35. The molecule has 1 atom stereocenters. The van der Waals surface area contributed by atoms with Gasteiger partial charge < -0.3 is 9.84 Å². The maximum Gasteiger partial charge on any atom is 0.273 e. The Morgan fingerprint density at radius 2 is 2.08 bits per heavy atom. The Balaban J connectivity index is 1.55. The van der Waals surface area contributed by atoms with E-state index in [-0.39, 0.29) is 11.4 Å². The van der Waals surface area contributed by atoms with Gasteiger partial charge in [-0.15, -0.1) is 0 Å². The first-order chi connectivity index (χ1) is 11.9. The van der Waals surface area contributed by atoms with Gasteiger partial charge in [-0.25, -0.2) is 8.42 Å². The normalized spacial score (nSPS) is 18.6. The molecule has 0 bridgehead atoms. The number of sulfone groups is 1. The van der Waals surface area contributed by atoms with Crippen molar-refractivity contribution in [3.05, 3.63) is 64.9 Å². The average molecular weight is 361 g/mol. The van der Waals surface area contributed by atoms with E-state index in [1.54, 1.807) is 6.07 Å². The standard InChI is InChI=1S/C17H19N3O4S/c1-20(10-13-5-3-2-4-6-13)11-15-9-16(19-24-15)17(21)18-14-7-8-25(22,23)12-14/h2-9,14H,10-12H2,1H3,(H,18,21)/t14-/m1/s1. The number of hydrogen-bond donors (Lipinski definition) is 1. The first-order valence-corrected chi connectivity index (χ1v) is 9.53. The van der Waals surface area contributed by atoms with E-state index < -0.39 is 21.8 Å². The molecule has 1 aliphatic rings. The number of carbonyl (C=O) groups is 1. The van der Waals surface area contributed by atoms with Gasteiger partial charge in [0.15, 0.2) is 21.3 Å². The molecule has 25 heavy (non-hydrogen) atoms. The third-order valence-corrected chi connectivity index (χ3v) is 5.15. The third-order valence-electron chi connectivity index (χ3n) is 3.76. The largest absolute Gasteiger partial charge is 0.359 e. The Hall–Kier alpha value is -2.45. The molecule has 1 aliphatic heterocycles. The molecule has 7 nitrogen and oxygen atoms in total. The van der Waals surface area contributed by atoms with Crippen molar-refractivity contribution in [1.82, 2.24) is 15.4 Å². The molecule has 1 N–H and O–H groups in total. The summed E-state index contributed by atoms with van der Waals surface area (Å²) in [5, 5.41) is 7.50. The van der Waals surface area contributed by atoms with Crippen LogP contribution >= 0.6 is 0 Å². The number of aromatic nitrogens is 1. The van der Waals surface area contributed by atoms with Crippen molar-refractivity contribution < 1.29 is 17.7 Å². The van der Waals surface area contributed by atoms with Crippen molar-refractivity contribution in [3.63, 3.8) is 0 Å². The van der Waals surface area contributed by atoms with Crippen LogP contribution in [-0.2, 0) is 22.9 Å². The van der Waals surface area contributed by atoms with Gasteiger partial charge in [0, 0.05) is 18.0 Å². The Bertz CT molecular complexity index is 874. The lowest BCUT2D eigenvalue weighted by Crippen LogP contribution is -2.35. The Labute approximate surface area is 146 Å². The molecule has 132 valence electrons. The zero-order valence-electron chi connectivity index (χ0n) is 13.8. The van der Waals surface area contributed by atoms with Crippen molar-refractivity contribution in [3.8, 4) is 0 Å². The molecule has 0 saturated carbocycles. The predicted molar refractivity (Wildman–Crippen MR) is 92.3 cm³/mol. The van der Waals surface area contributed by atoms with Gasteiger partial charge in [-0.2, -0.15) is 0 Å². The second-order valence-corrected chi connectivity index (χ2v) is 8.01. The number of nitrogens with zero attached hydrogens (tertiary/aromatic N) is 2. The molecule has 2 aromatic rings. The summed E-state index contributed by atoms with van der Waals surface area (Å²) in [5.74, 6) is -0.00544. The molecule has 0 spiro atoms. The van der Waals surface area contributed by atoms with Crippen LogP contribution in [0.4, 0.5) is 0 Å². The molecule has 2 heterocycles. The molecule has 0 aliphatic carbocycles. The third kappa shape index (κ3) is 4.77. The number of amides is 1. The Morgan fingerprint density at radius 1 is 1.32 bits per heavy atom. The van der Waals surface area contributed by atoms with Gasteiger partial charge in [0.1, 0.15) is 0 Å². The monoisotopic (exact) mass is 361 g/mol. The zero-order chi connectivity index (χ0) is 17.9. The van der Waals surface area contributed by atoms with Crippen LogP contribution < -0.4 is 5.32 Å². The maximum absolute atomic E-state index is 12.1. The molecule has 0 unspecified atom stereocenters. The van der Waals surface area contributed by atoms with Crippen LogP contribution in [0, 0.1) is 0 Å². The van der Waals surface area contributed by atoms with E-state index >= 15 is 0 Å². The van der Waals surface area contributed by atoms with E-state index in [4.69, 9.17) is 4.52 Å². The minimum absolute atomic E-state index is 0.122. The number of benzene rings is 1.